The molecule has 3 aromatic rings. The standard InChI is InChI=1S/C17H14ClF3N6O.H2S/c1-9(15-24-8-25-27(15)14-3-2-13(22)7-23-14)26-16(28)10-4-11(17(19,20)21)6-12(18)5-10;/h2-9H,22H2,1H3,(H,26,28);1H2/t9-;/m0./s1. The van der Waals surface area contributed by atoms with E-state index < -0.39 is 23.7 Å². The number of alkyl halides is 3. The van der Waals surface area contributed by atoms with Gasteiger partial charge in [-0.2, -0.15) is 36.4 Å². The fraction of sp³-hybridized carbons (Fsp3) is 0.176. The minimum Gasteiger partial charge on any atom is -0.397 e. The Hall–Kier alpha value is -2.79. The molecule has 0 radical (unpaired) electrons. The van der Waals surface area contributed by atoms with E-state index in [0.29, 0.717) is 17.3 Å². The van der Waals surface area contributed by atoms with Crippen LogP contribution in [0.5, 0.6) is 0 Å². The van der Waals surface area contributed by atoms with Crippen molar-refractivity contribution in [2.75, 3.05) is 5.73 Å². The number of hydrogen-bond acceptors (Lipinski definition) is 5. The molecular formula is C17H16ClF3N6OS. The second-order valence-corrected chi connectivity index (χ2v) is 6.34. The number of pyridine rings is 1. The van der Waals surface area contributed by atoms with Crippen LogP contribution in [0.15, 0.2) is 42.9 Å². The Bertz CT molecular complexity index is 1010. The van der Waals surface area contributed by atoms with Crippen molar-refractivity contribution in [3.05, 3.63) is 64.8 Å². The monoisotopic (exact) mass is 444 g/mol. The van der Waals surface area contributed by atoms with Gasteiger partial charge in [0.1, 0.15) is 6.33 Å². The summed E-state index contributed by atoms with van der Waals surface area (Å²) < 4.78 is 40.2. The normalized spacial score (nSPS) is 12.2. The quantitative estimate of drug-likeness (QED) is 0.641. The molecule has 0 saturated carbocycles. The maximum absolute atomic E-state index is 12.9. The number of benzene rings is 1. The Morgan fingerprint density at radius 2 is 1.97 bits per heavy atom. The van der Waals surface area contributed by atoms with Gasteiger partial charge in [0, 0.05) is 10.6 Å². The van der Waals surface area contributed by atoms with Gasteiger partial charge in [0.2, 0.25) is 0 Å². The largest absolute Gasteiger partial charge is 0.416 e. The lowest BCUT2D eigenvalue weighted by molar-refractivity contribution is -0.137. The third-order valence-corrected chi connectivity index (χ3v) is 4.00. The molecule has 0 aliphatic carbocycles. The molecule has 0 unspecified atom stereocenters. The molecule has 0 spiro atoms. The van der Waals surface area contributed by atoms with Crippen molar-refractivity contribution >= 4 is 36.7 Å². The molecule has 2 heterocycles. The number of nitrogen functional groups attached to an aromatic ring is 1. The van der Waals surface area contributed by atoms with E-state index in [0.717, 1.165) is 18.2 Å². The van der Waals surface area contributed by atoms with E-state index in [-0.39, 0.29) is 24.1 Å². The highest BCUT2D eigenvalue weighted by atomic mass is 35.5. The van der Waals surface area contributed by atoms with Gasteiger partial charge in [0.05, 0.1) is 23.5 Å². The van der Waals surface area contributed by atoms with E-state index >= 15 is 0 Å². The average molecular weight is 445 g/mol. The summed E-state index contributed by atoms with van der Waals surface area (Å²) in [6.45, 7) is 1.62. The highest BCUT2D eigenvalue weighted by Gasteiger charge is 2.32. The van der Waals surface area contributed by atoms with Crippen LogP contribution in [-0.4, -0.2) is 25.7 Å². The molecule has 0 fully saturated rings. The van der Waals surface area contributed by atoms with Crippen molar-refractivity contribution in [1.82, 2.24) is 25.1 Å². The zero-order chi connectivity index (χ0) is 20.5. The number of halogens is 4. The van der Waals surface area contributed by atoms with Crippen LogP contribution >= 0.6 is 25.1 Å². The molecular weight excluding hydrogens is 429 g/mol. The maximum Gasteiger partial charge on any atom is 0.416 e. The number of nitrogens with two attached hydrogens (primary N) is 1. The first-order valence-electron chi connectivity index (χ1n) is 7.95. The Kier molecular flexibility index (Phi) is 6.75. The first-order chi connectivity index (χ1) is 13.1. The molecule has 12 heteroatoms. The molecule has 3 N–H and O–H groups in total. The molecule has 7 nitrogen and oxygen atoms in total. The molecule has 3 rings (SSSR count). The summed E-state index contributed by atoms with van der Waals surface area (Å²) in [6.07, 6.45) is -1.90. The zero-order valence-corrected chi connectivity index (χ0v) is 16.7. The van der Waals surface area contributed by atoms with E-state index in [4.69, 9.17) is 17.3 Å². The molecule has 154 valence electrons. The van der Waals surface area contributed by atoms with Gasteiger partial charge in [0.15, 0.2) is 11.6 Å². The number of amides is 1. The van der Waals surface area contributed by atoms with Crippen LogP contribution in [0.3, 0.4) is 0 Å². The topological polar surface area (TPSA) is 98.7 Å². The summed E-state index contributed by atoms with van der Waals surface area (Å²) >= 11 is 5.73. The fourth-order valence-corrected chi connectivity index (χ4v) is 2.71. The van der Waals surface area contributed by atoms with Crippen molar-refractivity contribution in [3.8, 4) is 5.82 Å². The first kappa shape index (κ1) is 22.5. The number of carbonyl (C=O) groups excluding carboxylic acids is 1. The third-order valence-electron chi connectivity index (χ3n) is 3.78. The van der Waals surface area contributed by atoms with Crippen molar-refractivity contribution in [1.29, 1.82) is 0 Å². The highest BCUT2D eigenvalue weighted by molar-refractivity contribution is 7.59. The van der Waals surface area contributed by atoms with E-state index in [1.54, 1.807) is 19.1 Å². The minimum absolute atomic E-state index is 0. The lowest BCUT2D eigenvalue weighted by Crippen LogP contribution is -2.29. The van der Waals surface area contributed by atoms with Crippen LogP contribution in [0.25, 0.3) is 5.82 Å². The lowest BCUT2D eigenvalue weighted by Gasteiger charge is -2.15. The summed E-state index contributed by atoms with van der Waals surface area (Å²) in [5, 5.41) is 6.45. The smallest absolute Gasteiger partial charge is 0.397 e. The van der Waals surface area contributed by atoms with Gasteiger partial charge in [-0.15, -0.1) is 0 Å². The molecule has 0 bridgehead atoms. The van der Waals surface area contributed by atoms with E-state index in [1.165, 1.54) is 17.2 Å². The van der Waals surface area contributed by atoms with Crippen molar-refractivity contribution in [2.45, 2.75) is 19.1 Å². The maximum atomic E-state index is 12.9. The fourth-order valence-electron chi connectivity index (χ4n) is 2.47. The summed E-state index contributed by atoms with van der Waals surface area (Å²) in [6, 6.07) is 5.22. The molecule has 1 amide bonds. The van der Waals surface area contributed by atoms with Crippen LogP contribution in [-0.2, 0) is 6.18 Å². The predicted octanol–water partition coefficient (Wildman–Crippen LogP) is 3.52. The number of nitrogens with zero attached hydrogens (tertiary/aromatic N) is 4. The van der Waals surface area contributed by atoms with Gasteiger partial charge in [0.25, 0.3) is 5.91 Å². The molecule has 2 aromatic heterocycles. The summed E-state index contributed by atoms with van der Waals surface area (Å²) in [4.78, 5) is 20.7. The average Bonchev–Trinajstić information content (AvgIpc) is 3.11. The van der Waals surface area contributed by atoms with Crippen LogP contribution in [0.4, 0.5) is 18.9 Å². The van der Waals surface area contributed by atoms with Crippen LogP contribution in [0.1, 0.15) is 34.7 Å². The van der Waals surface area contributed by atoms with Crippen molar-refractivity contribution < 1.29 is 18.0 Å². The van der Waals surface area contributed by atoms with E-state index in [9.17, 15) is 18.0 Å². The number of carbonyl (C=O) groups is 1. The second kappa shape index (κ2) is 8.70. The molecule has 29 heavy (non-hydrogen) atoms. The number of aromatic nitrogens is 4. The number of rotatable bonds is 4. The molecule has 1 aromatic carbocycles. The lowest BCUT2D eigenvalue weighted by atomic mass is 10.1. The van der Waals surface area contributed by atoms with Gasteiger partial charge in [-0.25, -0.2) is 9.97 Å². The predicted molar refractivity (Wildman–Crippen MR) is 106 cm³/mol. The van der Waals surface area contributed by atoms with E-state index in [1.807, 2.05) is 0 Å². The third kappa shape index (κ3) is 5.18. The van der Waals surface area contributed by atoms with Crippen LogP contribution < -0.4 is 11.1 Å². The van der Waals surface area contributed by atoms with Gasteiger partial charge in [-0.05, 0) is 37.3 Å². The summed E-state index contributed by atoms with van der Waals surface area (Å²) in [5.74, 6) is 0.0221. The van der Waals surface area contributed by atoms with Crippen molar-refractivity contribution in [2.24, 2.45) is 0 Å². The van der Waals surface area contributed by atoms with Gasteiger partial charge < -0.3 is 11.1 Å². The van der Waals surface area contributed by atoms with Crippen LogP contribution in [0, 0.1) is 0 Å². The molecule has 0 saturated heterocycles. The molecule has 1 atom stereocenters. The van der Waals surface area contributed by atoms with Gasteiger partial charge in [-0.1, -0.05) is 11.6 Å². The first-order valence-corrected chi connectivity index (χ1v) is 8.33. The zero-order valence-electron chi connectivity index (χ0n) is 14.9. The van der Waals surface area contributed by atoms with Gasteiger partial charge in [-0.3, -0.25) is 4.79 Å². The Morgan fingerprint density at radius 1 is 1.24 bits per heavy atom. The number of nitrogens with one attached hydrogen (secondary N) is 1. The van der Waals surface area contributed by atoms with Crippen molar-refractivity contribution in [3.63, 3.8) is 0 Å². The number of hydrogen-bond donors (Lipinski definition) is 2. The number of anilines is 1. The highest BCUT2D eigenvalue weighted by Crippen LogP contribution is 2.32. The SMILES string of the molecule is C[C@H](NC(=O)c1cc(Cl)cc(C(F)(F)F)c1)c1ncnn1-c1ccc(N)cn1.S. The summed E-state index contributed by atoms with van der Waals surface area (Å²) in [5.41, 5.74) is 4.85. The van der Waals surface area contributed by atoms with Gasteiger partial charge >= 0.3 is 6.18 Å². The molecule has 0 aliphatic rings. The second-order valence-electron chi connectivity index (χ2n) is 5.90. The Morgan fingerprint density at radius 3 is 2.59 bits per heavy atom. The Labute approximate surface area is 175 Å². The Balaban J connectivity index is 0.00000300. The van der Waals surface area contributed by atoms with Crippen LogP contribution in [0.2, 0.25) is 5.02 Å². The summed E-state index contributed by atoms with van der Waals surface area (Å²) in [7, 11) is 0. The minimum atomic E-state index is -4.62. The molecule has 0 aliphatic heterocycles. The van der Waals surface area contributed by atoms with E-state index in [2.05, 4.69) is 20.4 Å².